The van der Waals surface area contributed by atoms with Crippen LogP contribution < -0.4 is 5.32 Å². The lowest BCUT2D eigenvalue weighted by molar-refractivity contribution is -0.130. The summed E-state index contributed by atoms with van der Waals surface area (Å²) in [5, 5.41) is 3.55. The van der Waals surface area contributed by atoms with Gasteiger partial charge in [-0.15, -0.1) is 11.8 Å². The number of rotatable bonds is 6. The van der Waals surface area contributed by atoms with Crippen molar-refractivity contribution < 1.29 is 4.79 Å². The first-order valence-corrected chi connectivity index (χ1v) is 9.16. The van der Waals surface area contributed by atoms with Gasteiger partial charge in [0.1, 0.15) is 6.17 Å². The standard InChI is InChI=1S/C17H24N2OS/c1-3-4-15-17(20)19(11-12-5-6-12)16(18-15)13-7-9-14(21-2)10-8-13/h7-10,12,15-16,18H,3-6,11H2,1-2H3. The molecule has 0 spiro atoms. The zero-order valence-corrected chi connectivity index (χ0v) is 13.7. The molecule has 1 heterocycles. The van der Waals surface area contributed by atoms with E-state index < -0.39 is 0 Å². The molecular weight excluding hydrogens is 280 g/mol. The molecule has 0 aromatic heterocycles. The summed E-state index contributed by atoms with van der Waals surface area (Å²) in [5.74, 6) is 1.02. The molecular formula is C17H24N2OS. The number of carbonyl (C=O) groups excluding carboxylic acids is 1. The quantitative estimate of drug-likeness (QED) is 0.817. The van der Waals surface area contributed by atoms with Crippen LogP contribution >= 0.6 is 11.8 Å². The average Bonchev–Trinajstić information content (AvgIpc) is 3.28. The second-order valence-corrected chi connectivity index (χ2v) is 7.00. The zero-order valence-electron chi connectivity index (χ0n) is 12.8. The molecule has 1 amide bonds. The van der Waals surface area contributed by atoms with E-state index in [9.17, 15) is 4.79 Å². The Morgan fingerprint density at radius 2 is 2.00 bits per heavy atom. The molecule has 1 aromatic carbocycles. The zero-order chi connectivity index (χ0) is 14.8. The van der Waals surface area contributed by atoms with Gasteiger partial charge in [-0.25, -0.2) is 0 Å². The summed E-state index contributed by atoms with van der Waals surface area (Å²) in [6, 6.07) is 8.61. The van der Waals surface area contributed by atoms with E-state index >= 15 is 0 Å². The van der Waals surface area contributed by atoms with E-state index in [-0.39, 0.29) is 12.2 Å². The summed E-state index contributed by atoms with van der Waals surface area (Å²) in [7, 11) is 0. The number of hydrogen-bond donors (Lipinski definition) is 1. The molecule has 1 saturated heterocycles. The van der Waals surface area contributed by atoms with E-state index in [1.54, 1.807) is 11.8 Å². The van der Waals surface area contributed by atoms with Crippen LogP contribution in [0.3, 0.4) is 0 Å². The van der Waals surface area contributed by atoms with E-state index in [1.807, 2.05) is 0 Å². The number of nitrogens with zero attached hydrogens (tertiary/aromatic N) is 1. The number of thioether (sulfide) groups is 1. The topological polar surface area (TPSA) is 32.3 Å². The second kappa shape index (κ2) is 6.41. The van der Waals surface area contributed by atoms with Crippen LogP contribution in [-0.4, -0.2) is 29.6 Å². The van der Waals surface area contributed by atoms with Crippen LogP contribution in [0.25, 0.3) is 0 Å². The van der Waals surface area contributed by atoms with Gasteiger partial charge in [0.2, 0.25) is 5.91 Å². The average molecular weight is 304 g/mol. The first kappa shape index (κ1) is 14.9. The first-order chi connectivity index (χ1) is 10.2. The third-order valence-corrected chi connectivity index (χ3v) is 5.16. The van der Waals surface area contributed by atoms with Crippen molar-refractivity contribution in [3.63, 3.8) is 0 Å². The monoisotopic (exact) mass is 304 g/mol. The molecule has 3 nitrogen and oxygen atoms in total. The molecule has 1 aliphatic carbocycles. The van der Waals surface area contributed by atoms with Crippen molar-refractivity contribution in [2.24, 2.45) is 5.92 Å². The molecule has 2 fully saturated rings. The predicted molar refractivity (Wildman–Crippen MR) is 87.2 cm³/mol. The number of nitrogens with one attached hydrogen (secondary N) is 1. The Balaban J connectivity index is 1.80. The van der Waals surface area contributed by atoms with Gasteiger partial charge in [0.15, 0.2) is 0 Å². The fourth-order valence-corrected chi connectivity index (χ4v) is 3.42. The van der Waals surface area contributed by atoms with Gasteiger partial charge >= 0.3 is 0 Å². The Morgan fingerprint density at radius 3 is 2.57 bits per heavy atom. The van der Waals surface area contributed by atoms with E-state index in [0.717, 1.165) is 25.3 Å². The summed E-state index contributed by atoms with van der Waals surface area (Å²) in [5.41, 5.74) is 1.21. The number of hydrogen-bond acceptors (Lipinski definition) is 3. The third kappa shape index (κ3) is 3.27. The Hall–Kier alpha value is -1.00. The van der Waals surface area contributed by atoms with Crippen LogP contribution in [0, 0.1) is 5.92 Å². The normalized spacial score (nSPS) is 25.6. The van der Waals surface area contributed by atoms with Gasteiger partial charge in [0, 0.05) is 11.4 Å². The van der Waals surface area contributed by atoms with Crippen LogP contribution in [0.2, 0.25) is 0 Å². The molecule has 114 valence electrons. The Kier molecular flexibility index (Phi) is 4.55. The van der Waals surface area contributed by atoms with Gasteiger partial charge in [-0.1, -0.05) is 25.5 Å². The van der Waals surface area contributed by atoms with E-state index in [2.05, 4.69) is 47.7 Å². The Morgan fingerprint density at radius 1 is 1.29 bits per heavy atom. The highest BCUT2D eigenvalue weighted by Crippen LogP contribution is 2.35. The van der Waals surface area contributed by atoms with Crippen LogP contribution in [-0.2, 0) is 4.79 Å². The molecule has 4 heteroatoms. The molecule has 21 heavy (non-hydrogen) atoms. The van der Waals surface area contributed by atoms with Crippen LogP contribution in [0.1, 0.15) is 44.3 Å². The SMILES string of the molecule is CCCC1NC(c2ccc(SC)cc2)N(CC2CC2)C1=O. The number of benzene rings is 1. The lowest BCUT2D eigenvalue weighted by Crippen LogP contribution is -2.32. The molecule has 3 rings (SSSR count). The minimum absolute atomic E-state index is 0.000948. The molecule has 2 atom stereocenters. The maximum atomic E-state index is 12.6. The van der Waals surface area contributed by atoms with Crippen molar-refractivity contribution in [3.8, 4) is 0 Å². The molecule has 1 saturated carbocycles. The Bertz CT molecular complexity index is 498. The van der Waals surface area contributed by atoms with E-state index in [1.165, 1.54) is 23.3 Å². The van der Waals surface area contributed by atoms with Crippen molar-refractivity contribution >= 4 is 17.7 Å². The fourth-order valence-electron chi connectivity index (χ4n) is 3.01. The minimum Gasteiger partial charge on any atom is -0.321 e. The minimum atomic E-state index is -0.000948. The lowest BCUT2D eigenvalue weighted by atomic mass is 10.1. The van der Waals surface area contributed by atoms with Crippen LogP contribution in [0.4, 0.5) is 0 Å². The summed E-state index contributed by atoms with van der Waals surface area (Å²) in [6.45, 7) is 3.06. The van der Waals surface area contributed by atoms with Crippen molar-refractivity contribution in [3.05, 3.63) is 29.8 Å². The van der Waals surface area contributed by atoms with Crippen LogP contribution in [0.15, 0.2) is 29.2 Å². The summed E-state index contributed by atoms with van der Waals surface area (Å²) < 4.78 is 0. The highest BCUT2D eigenvalue weighted by molar-refractivity contribution is 7.98. The van der Waals surface area contributed by atoms with Gasteiger partial charge in [0.05, 0.1) is 6.04 Å². The number of carbonyl (C=O) groups is 1. The maximum absolute atomic E-state index is 12.6. The van der Waals surface area contributed by atoms with Gasteiger partial charge in [-0.2, -0.15) is 0 Å². The first-order valence-electron chi connectivity index (χ1n) is 7.93. The van der Waals surface area contributed by atoms with Gasteiger partial charge < -0.3 is 4.90 Å². The maximum Gasteiger partial charge on any atom is 0.241 e. The lowest BCUT2D eigenvalue weighted by Gasteiger charge is -2.24. The largest absolute Gasteiger partial charge is 0.321 e. The van der Waals surface area contributed by atoms with E-state index in [4.69, 9.17) is 0 Å². The van der Waals surface area contributed by atoms with Crippen molar-refractivity contribution in [1.29, 1.82) is 0 Å². The molecule has 1 aliphatic heterocycles. The van der Waals surface area contributed by atoms with Gasteiger partial charge in [-0.05, 0) is 49.1 Å². The highest BCUT2D eigenvalue weighted by atomic mass is 32.2. The molecule has 0 radical (unpaired) electrons. The molecule has 0 bridgehead atoms. The third-order valence-electron chi connectivity index (χ3n) is 4.41. The second-order valence-electron chi connectivity index (χ2n) is 6.12. The fraction of sp³-hybridized carbons (Fsp3) is 0.588. The molecule has 1 aromatic rings. The van der Waals surface area contributed by atoms with Gasteiger partial charge in [0.25, 0.3) is 0 Å². The van der Waals surface area contributed by atoms with Crippen molar-refractivity contribution in [1.82, 2.24) is 10.2 Å². The van der Waals surface area contributed by atoms with Crippen molar-refractivity contribution in [2.75, 3.05) is 12.8 Å². The molecule has 2 aliphatic rings. The smallest absolute Gasteiger partial charge is 0.241 e. The predicted octanol–water partition coefficient (Wildman–Crippen LogP) is 3.42. The number of amides is 1. The molecule has 1 N–H and O–H groups in total. The Labute approximate surface area is 131 Å². The van der Waals surface area contributed by atoms with Gasteiger partial charge in [-0.3, -0.25) is 10.1 Å². The van der Waals surface area contributed by atoms with Crippen molar-refractivity contribution in [2.45, 2.75) is 49.7 Å². The van der Waals surface area contributed by atoms with Crippen LogP contribution in [0.5, 0.6) is 0 Å². The summed E-state index contributed by atoms with van der Waals surface area (Å²) >= 11 is 1.75. The summed E-state index contributed by atoms with van der Waals surface area (Å²) in [4.78, 5) is 16.0. The molecule has 2 unspecified atom stereocenters. The highest BCUT2D eigenvalue weighted by Gasteiger charge is 2.41. The van der Waals surface area contributed by atoms with E-state index in [0.29, 0.717) is 5.91 Å². The summed E-state index contributed by atoms with van der Waals surface area (Å²) in [6.07, 6.45) is 6.67.